The average molecular weight is 240 g/mol. The van der Waals surface area contributed by atoms with Gasteiger partial charge in [0.25, 0.3) is 0 Å². The molecule has 0 N–H and O–H groups in total. The van der Waals surface area contributed by atoms with E-state index in [0.29, 0.717) is 6.42 Å². The molecule has 0 radical (unpaired) electrons. The van der Waals surface area contributed by atoms with Crippen molar-refractivity contribution in [1.82, 2.24) is 0 Å². The Morgan fingerprint density at radius 3 is 2.06 bits per heavy atom. The zero-order valence-corrected chi connectivity index (χ0v) is 10.1. The summed E-state index contributed by atoms with van der Waals surface area (Å²) >= 11 is 0. The van der Waals surface area contributed by atoms with Crippen molar-refractivity contribution in [1.29, 1.82) is 0 Å². The molecular formula is C11H19F3O2. The average Bonchev–Trinajstić information content (AvgIpc) is 2.12. The monoisotopic (exact) mass is 240 g/mol. The topological polar surface area (TPSA) is 26.3 Å². The lowest BCUT2D eigenvalue weighted by Crippen LogP contribution is -2.37. The van der Waals surface area contributed by atoms with Gasteiger partial charge in [-0.25, -0.2) is 0 Å². The maximum absolute atomic E-state index is 12.5. The quantitative estimate of drug-likeness (QED) is 0.688. The predicted octanol–water partition coefficient (Wildman–Crippen LogP) is 3.41. The van der Waals surface area contributed by atoms with Crippen LogP contribution in [0.3, 0.4) is 0 Å². The van der Waals surface area contributed by atoms with E-state index in [4.69, 9.17) is 4.74 Å². The summed E-state index contributed by atoms with van der Waals surface area (Å²) in [5.74, 6) is -3.92. The third-order valence-corrected chi connectivity index (χ3v) is 2.49. The van der Waals surface area contributed by atoms with Gasteiger partial charge in [-0.2, -0.15) is 13.2 Å². The maximum atomic E-state index is 12.5. The third-order valence-electron chi connectivity index (χ3n) is 2.49. The van der Waals surface area contributed by atoms with Crippen LogP contribution < -0.4 is 0 Å². The molecule has 0 fully saturated rings. The van der Waals surface area contributed by atoms with Crippen LogP contribution in [0, 0.1) is 17.8 Å². The number of esters is 1. The number of alkyl halides is 3. The molecule has 2 unspecified atom stereocenters. The Hall–Kier alpha value is -0.740. The summed E-state index contributed by atoms with van der Waals surface area (Å²) in [5.41, 5.74) is 0. The molecule has 0 heterocycles. The summed E-state index contributed by atoms with van der Waals surface area (Å²) in [5, 5.41) is 0. The second-order valence-corrected chi connectivity index (χ2v) is 4.27. The minimum atomic E-state index is -4.36. The zero-order chi connectivity index (χ0) is 12.9. The van der Waals surface area contributed by atoms with Gasteiger partial charge in [0, 0.05) is 0 Å². The van der Waals surface area contributed by atoms with Crippen LogP contribution in [0.2, 0.25) is 0 Å². The van der Waals surface area contributed by atoms with Crippen molar-refractivity contribution in [3.63, 3.8) is 0 Å². The first-order valence-corrected chi connectivity index (χ1v) is 5.45. The molecule has 0 aromatic rings. The highest BCUT2D eigenvalue weighted by atomic mass is 19.4. The van der Waals surface area contributed by atoms with Crippen LogP contribution in [-0.4, -0.2) is 18.8 Å². The van der Waals surface area contributed by atoms with Gasteiger partial charge in [0.15, 0.2) is 0 Å². The molecule has 0 aromatic carbocycles. The van der Waals surface area contributed by atoms with Gasteiger partial charge in [-0.1, -0.05) is 27.7 Å². The molecule has 96 valence electrons. The Balaban J connectivity index is 4.67. The van der Waals surface area contributed by atoms with Gasteiger partial charge in [0.05, 0.1) is 18.4 Å². The number of carbonyl (C=O) groups is 1. The Morgan fingerprint density at radius 1 is 1.25 bits per heavy atom. The Kier molecular flexibility index (Phi) is 5.83. The van der Waals surface area contributed by atoms with Gasteiger partial charge in [-0.3, -0.25) is 4.79 Å². The number of ether oxygens (including phenoxy) is 1. The van der Waals surface area contributed by atoms with E-state index in [1.165, 1.54) is 0 Å². The summed E-state index contributed by atoms with van der Waals surface area (Å²) < 4.78 is 42.4. The Labute approximate surface area is 94.2 Å². The molecule has 0 aromatic heterocycles. The minimum absolute atomic E-state index is 0.173. The summed E-state index contributed by atoms with van der Waals surface area (Å²) in [7, 11) is 0. The molecule has 16 heavy (non-hydrogen) atoms. The number of hydrogen-bond donors (Lipinski definition) is 0. The molecule has 0 saturated carbocycles. The van der Waals surface area contributed by atoms with E-state index in [0.717, 1.165) is 6.92 Å². The number of carbonyl (C=O) groups excluding carboxylic acids is 1. The molecule has 0 saturated heterocycles. The lowest BCUT2D eigenvalue weighted by atomic mass is 9.84. The molecule has 2 nitrogen and oxygen atoms in total. The van der Waals surface area contributed by atoms with Crippen molar-refractivity contribution in [2.45, 2.75) is 40.3 Å². The van der Waals surface area contributed by atoms with Crippen LogP contribution in [-0.2, 0) is 9.53 Å². The van der Waals surface area contributed by atoms with E-state index in [2.05, 4.69) is 0 Å². The number of rotatable bonds is 5. The van der Waals surface area contributed by atoms with Crippen molar-refractivity contribution < 1.29 is 22.7 Å². The molecule has 0 rings (SSSR count). The summed E-state index contributed by atoms with van der Waals surface area (Å²) in [6, 6.07) is 0. The van der Waals surface area contributed by atoms with Crippen molar-refractivity contribution in [2.75, 3.05) is 6.61 Å². The second-order valence-electron chi connectivity index (χ2n) is 4.27. The number of hydrogen-bond acceptors (Lipinski definition) is 2. The molecule has 0 aliphatic carbocycles. The Morgan fingerprint density at radius 2 is 1.75 bits per heavy atom. The van der Waals surface area contributed by atoms with Crippen molar-refractivity contribution in [2.24, 2.45) is 17.8 Å². The summed E-state index contributed by atoms with van der Waals surface area (Å²) in [4.78, 5) is 11.5. The predicted molar refractivity (Wildman–Crippen MR) is 54.8 cm³/mol. The van der Waals surface area contributed by atoms with Crippen molar-refractivity contribution in [3.8, 4) is 0 Å². The van der Waals surface area contributed by atoms with Crippen molar-refractivity contribution >= 4 is 5.97 Å². The van der Waals surface area contributed by atoms with Crippen LogP contribution in [0.5, 0.6) is 0 Å². The molecule has 0 aliphatic rings. The molecule has 0 amide bonds. The van der Waals surface area contributed by atoms with E-state index >= 15 is 0 Å². The van der Waals surface area contributed by atoms with E-state index in [9.17, 15) is 18.0 Å². The molecule has 2 atom stereocenters. The van der Waals surface area contributed by atoms with Gasteiger partial charge < -0.3 is 4.74 Å². The van der Waals surface area contributed by atoms with Crippen molar-refractivity contribution in [3.05, 3.63) is 0 Å². The summed E-state index contributed by atoms with van der Waals surface area (Å²) in [6.07, 6.45) is -3.75. The fourth-order valence-electron chi connectivity index (χ4n) is 1.56. The maximum Gasteiger partial charge on any atom is 0.392 e. The van der Waals surface area contributed by atoms with Gasteiger partial charge in [0.1, 0.15) is 0 Å². The lowest BCUT2D eigenvalue weighted by Gasteiger charge is -2.27. The standard InChI is InChI=1S/C11H19F3O2/c1-5-6-16-10(15)9(7(2)3)8(4)11(12,13)14/h7-9H,5-6H2,1-4H3. The first-order chi connectivity index (χ1) is 7.21. The van der Waals surface area contributed by atoms with Crippen LogP contribution in [0.25, 0.3) is 0 Å². The molecule has 5 heteroatoms. The van der Waals surface area contributed by atoms with Gasteiger partial charge in [-0.05, 0) is 12.3 Å². The largest absolute Gasteiger partial charge is 0.465 e. The molecule has 0 spiro atoms. The molecule has 0 aliphatic heterocycles. The normalized spacial score (nSPS) is 16.0. The number of halogens is 3. The SMILES string of the molecule is CCCOC(=O)C(C(C)C)C(C)C(F)(F)F. The van der Waals surface area contributed by atoms with Crippen LogP contribution in [0.4, 0.5) is 13.2 Å². The minimum Gasteiger partial charge on any atom is -0.465 e. The molecule has 0 bridgehead atoms. The van der Waals surface area contributed by atoms with Crippen LogP contribution >= 0.6 is 0 Å². The second kappa shape index (κ2) is 6.11. The van der Waals surface area contributed by atoms with E-state index in [1.54, 1.807) is 20.8 Å². The Bertz CT molecular complexity index is 224. The van der Waals surface area contributed by atoms with Gasteiger partial charge >= 0.3 is 12.1 Å². The highest BCUT2D eigenvalue weighted by Gasteiger charge is 2.45. The highest BCUT2D eigenvalue weighted by Crippen LogP contribution is 2.35. The van der Waals surface area contributed by atoms with Crippen LogP contribution in [0.15, 0.2) is 0 Å². The van der Waals surface area contributed by atoms with E-state index in [1.807, 2.05) is 0 Å². The van der Waals surface area contributed by atoms with Gasteiger partial charge in [-0.15, -0.1) is 0 Å². The summed E-state index contributed by atoms with van der Waals surface area (Å²) in [6.45, 7) is 6.19. The fraction of sp³-hybridized carbons (Fsp3) is 0.909. The molecular weight excluding hydrogens is 221 g/mol. The van der Waals surface area contributed by atoms with Crippen LogP contribution in [0.1, 0.15) is 34.1 Å². The van der Waals surface area contributed by atoms with E-state index < -0.39 is 24.0 Å². The first-order valence-electron chi connectivity index (χ1n) is 5.45. The van der Waals surface area contributed by atoms with E-state index in [-0.39, 0.29) is 12.5 Å². The first kappa shape index (κ1) is 15.3. The third kappa shape index (κ3) is 4.41. The zero-order valence-electron chi connectivity index (χ0n) is 10.1. The van der Waals surface area contributed by atoms with Gasteiger partial charge in [0.2, 0.25) is 0 Å². The smallest absolute Gasteiger partial charge is 0.392 e. The lowest BCUT2D eigenvalue weighted by molar-refractivity contribution is -0.198. The fourth-order valence-corrected chi connectivity index (χ4v) is 1.56. The highest BCUT2D eigenvalue weighted by molar-refractivity contribution is 5.73.